The summed E-state index contributed by atoms with van der Waals surface area (Å²) in [5.41, 5.74) is 2.02. The van der Waals surface area contributed by atoms with Gasteiger partial charge in [-0.1, -0.05) is 151 Å². The second kappa shape index (κ2) is 10.7. The van der Waals surface area contributed by atoms with Crippen LogP contribution in [0.2, 0.25) is 0 Å². The van der Waals surface area contributed by atoms with Gasteiger partial charge in [-0.3, -0.25) is 0 Å². The molecule has 0 bridgehead atoms. The molecule has 0 spiro atoms. The zero-order valence-electron chi connectivity index (χ0n) is 46.3. The molecular formula is C54H30O. The van der Waals surface area contributed by atoms with E-state index in [1.165, 1.54) is 6.07 Å². The molecule has 13 rings (SSSR count). The van der Waals surface area contributed by atoms with Crippen LogP contribution in [0.3, 0.4) is 0 Å². The van der Waals surface area contributed by atoms with E-state index in [4.69, 9.17) is 18.1 Å². The fraction of sp³-hybridized carbons (Fsp3) is 0. The summed E-state index contributed by atoms with van der Waals surface area (Å²) in [6, 6.07) is 12.0. The molecule has 0 unspecified atom stereocenters. The van der Waals surface area contributed by atoms with Crippen molar-refractivity contribution in [2.45, 2.75) is 0 Å². The minimum atomic E-state index is -0.613. The van der Waals surface area contributed by atoms with Crippen molar-refractivity contribution in [2.24, 2.45) is 0 Å². The van der Waals surface area contributed by atoms with Crippen molar-refractivity contribution >= 4 is 97.3 Å². The van der Waals surface area contributed by atoms with E-state index in [2.05, 4.69) is 0 Å². The van der Waals surface area contributed by atoms with Gasteiger partial charge in [0.05, 0.1) is 24.7 Å². The molecule has 13 aromatic rings. The van der Waals surface area contributed by atoms with Gasteiger partial charge in [-0.15, -0.1) is 0 Å². The lowest BCUT2D eigenvalue weighted by Crippen LogP contribution is -1.91. The largest absolute Gasteiger partial charge is 0.455 e. The molecule has 0 aliphatic heterocycles. The molecule has 1 heteroatoms. The van der Waals surface area contributed by atoms with Crippen molar-refractivity contribution in [3.8, 4) is 33.4 Å². The van der Waals surface area contributed by atoms with Crippen LogP contribution < -0.4 is 0 Å². The first-order valence-electron chi connectivity index (χ1n) is 26.6. The summed E-state index contributed by atoms with van der Waals surface area (Å²) in [4.78, 5) is 0. The van der Waals surface area contributed by atoms with Crippen LogP contribution in [-0.4, -0.2) is 0 Å². The summed E-state index contributed by atoms with van der Waals surface area (Å²) in [5.74, 6) is 0. The first-order valence-corrected chi connectivity index (χ1v) is 17.6. The van der Waals surface area contributed by atoms with Crippen LogP contribution in [0.4, 0.5) is 0 Å². The monoisotopic (exact) mass is 712 g/mol. The van der Waals surface area contributed by atoms with Crippen LogP contribution in [0.15, 0.2) is 186 Å². The predicted octanol–water partition coefficient (Wildman–Crippen LogP) is 15.5. The van der Waals surface area contributed by atoms with Crippen LogP contribution in [0, 0.1) is 0 Å². The van der Waals surface area contributed by atoms with E-state index in [0.29, 0.717) is 27.7 Å². The van der Waals surface area contributed by atoms with Gasteiger partial charge >= 0.3 is 0 Å². The van der Waals surface area contributed by atoms with Crippen LogP contribution in [0.5, 0.6) is 0 Å². The molecule has 1 aromatic heterocycles. The Kier molecular flexibility index (Phi) is 3.36. The summed E-state index contributed by atoms with van der Waals surface area (Å²) < 4.78 is 172. The quantitative estimate of drug-likeness (QED) is 0.166. The van der Waals surface area contributed by atoms with Crippen molar-refractivity contribution in [2.75, 3.05) is 0 Å². The van der Waals surface area contributed by atoms with E-state index in [9.17, 15) is 11.0 Å². The Labute approximate surface area is 341 Å². The topological polar surface area (TPSA) is 13.1 Å². The molecule has 0 fully saturated rings. The third kappa shape index (κ3) is 4.02. The first-order chi connectivity index (χ1) is 34.8. The summed E-state index contributed by atoms with van der Waals surface area (Å²) in [7, 11) is 0. The highest BCUT2D eigenvalue weighted by atomic mass is 16.3. The third-order valence-electron chi connectivity index (χ3n) is 10.8. The van der Waals surface area contributed by atoms with Crippen LogP contribution in [-0.2, 0) is 0 Å². The maximum absolute atomic E-state index is 9.75. The number of furan rings is 1. The highest BCUT2D eigenvalue weighted by Crippen LogP contribution is 2.46. The molecule has 252 valence electrons. The predicted molar refractivity (Wildman–Crippen MR) is 235 cm³/mol. The lowest BCUT2D eigenvalue weighted by Gasteiger charge is -2.18. The Bertz CT molecular complexity index is 4500. The fourth-order valence-corrected chi connectivity index (χ4v) is 8.42. The molecule has 1 nitrogen and oxygen atoms in total. The average molecular weight is 713 g/mol. The lowest BCUT2D eigenvalue weighted by molar-refractivity contribution is 0.673. The van der Waals surface area contributed by atoms with E-state index < -0.39 is 109 Å². The zero-order valence-corrected chi connectivity index (χ0v) is 28.3. The van der Waals surface area contributed by atoms with Crippen molar-refractivity contribution in [3.63, 3.8) is 0 Å². The SMILES string of the molecule is [2H]c1c([2H])c2c([2H])c([2H])c3c([2H])c([2H])c(-c4cc(-c5c([2H])c([2H])c6c([2H])c([2H])c7c([2H])c([2H])c([2H])c8c([2H])c([2H])c5c6c78)cc(-c5cccc6oc7c8ccccc8ccc7c56)c4)c4c([2H])c([2H])c(c1[2H])c2c34. The normalized spacial score (nSPS) is 16.9. The Morgan fingerprint density at radius 3 is 1.44 bits per heavy atom. The van der Waals surface area contributed by atoms with Gasteiger partial charge in [-0.2, -0.15) is 0 Å². The molecule has 0 saturated heterocycles. The molecule has 0 radical (unpaired) electrons. The van der Waals surface area contributed by atoms with Crippen LogP contribution in [0.25, 0.3) is 131 Å². The standard InChI is InChI=1S/C54H30O/c1-2-11-44-31(6-1)18-27-47-53-43(12-5-13-48(53)55-54(44)47)40-29-38(41-23-19-36-16-14-32-7-3-9-34-21-25-45(41)51(36)49(32)34)28-39(30-40)42-24-20-37-17-15-33-8-4-10-35-22-26-46(42)52(37)50(33)35/h1-30H/i3D,4D,7D,8D,9D,10D,14D,15D,16D,17D,19D,20D,21D,22D,23D,24D,25D,26D. The Balaban J connectivity index is 1.25. The molecule has 0 atom stereocenters. The number of hydrogen-bond acceptors (Lipinski definition) is 1. The van der Waals surface area contributed by atoms with Crippen molar-refractivity contribution in [3.05, 3.63) is 182 Å². The first kappa shape index (κ1) is 17.3. The lowest BCUT2D eigenvalue weighted by atomic mass is 9.85. The molecule has 0 aliphatic carbocycles. The molecule has 0 aliphatic rings. The number of fused-ring (bicyclic) bond motifs is 5. The zero-order chi connectivity index (χ0) is 51.4. The highest BCUT2D eigenvalue weighted by Gasteiger charge is 2.19. The van der Waals surface area contributed by atoms with Crippen molar-refractivity contribution in [1.29, 1.82) is 0 Å². The van der Waals surface area contributed by atoms with E-state index in [1.807, 2.05) is 42.5 Å². The van der Waals surface area contributed by atoms with Crippen molar-refractivity contribution < 1.29 is 29.1 Å². The maximum Gasteiger partial charge on any atom is 0.143 e. The van der Waals surface area contributed by atoms with Crippen molar-refractivity contribution in [1.82, 2.24) is 0 Å². The summed E-state index contributed by atoms with van der Waals surface area (Å²) >= 11 is 0. The molecule has 1 heterocycles. The molecule has 0 N–H and O–H groups in total. The fourth-order valence-electron chi connectivity index (χ4n) is 8.42. The van der Waals surface area contributed by atoms with Gasteiger partial charge in [-0.05, 0) is 134 Å². The Hall–Kier alpha value is -7.22. The molecular weight excluding hydrogens is 665 g/mol. The Morgan fingerprint density at radius 1 is 0.327 bits per heavy atom. The number of hydrogen-bond donors (Lipinski definition) is 0. The average Bonchev–Trinajstić information content (AvgIpc) is 3.78. The van der Waals surface area contributed by atoms with Gasteiger partial charge in [0.15, 0.2) is 0 Å². The molecule has 12 aromatic carbocycles. The van der Waals surface area contributed by atoms with Gasteiger partial charge in [0, 0.05) is 16.2 Å². The van der Waals surface area contributed by atoms with E-state index in [-0.39, 0.29) is 86.9 Å². The smallest absolute Gasteiger partial charge is 0.143 e. The van der Waals surface area contributed by atoms with E-state index in [1.54, 1.807) is 24.3 Å². The summed E-state index contributed by atoms with van der Waals surface area (Å²) in [6.45, 7) is 0. The Morgan fingerprint density at radius 2 is 0.836 bits per heavy atom. The van der Waals surface area contributed by atoms with E-state index >= 15 is 0 Å². The summed E-state index contributed by atoms with van der Waals surface area (Å²) in [6.07, 6.45) is 0. The third-order valence-corrected chi connectivity index (χ3v) is 10.8. The minimum absolute atomic E-state index is 0.0308. The van der Waals surface area contributed by atoms with Gasteiger partial charge in [-0.25, -0.2) is 0 Å². The minimum Gasteiger partial charge on any atom is -0.455 e. The van der Waals surface area contributed by atoms with Gasteiger partial charge in [0.1, 0.15) is 11.2 Å². The van der Waals surface area contributed by atoms with Gasteiger partial charge < -0.3 is 4.42 Å². The second-order valence-electron chi connectivity index (χ2n) is 13.7. The summed E-state index contributed by atoms with van der Waals surface area (Å²) in [5, 5.41) is 1.37. The number of benzene rings is 12. The van der Waals surface area contributed by atoms with Crippen LogP contribution >= 0.6 is 0 Å². The van der Waals surface area contributed by atoms with Gasteiger partial charge in [0.25, 0.3) is 0 Å². The second-order valence-corrected chi connectivity index (χ2v) is 13.7. The molecule has 55 heavy (non-hydrogen) atoms. The van der Waals surface area contributed by atoms with Gasteiger partial charge in [0.2, 0.25) is 0 Å². The number of rotatable bonds is 3. The molecule has 0 amide bonds. The highest BCUT2D eigenvalue weighted by molar-refractivity contribution is 6.27. The molecule has 0 saturated carbocycles. The maximum atomic E-state index is 9.75. The van der Waals surface area contributed by atoms with E-state index in [0.717, 1.165) is 16.2 Å². The van der Waals surface area contributed by atoms with Crippen LogP contribution in [0.1, 0.15) is 24.7 Å².